The van der Waals surface area contributed by atoms with Crippen LogP contribution in [0.3, 0.4) is 0 Å². The molecule has 12 heavy (non-hydrogen) atoms. The molecule has 0 atom stereocenters. The highest BCUT2D eigenvalue weighted by Crippen LogP contribution is 2.01. The van der Waals surface area contributed by atoms with Gasteiger partial charge < -0.3 is 20.4 Å². The summed E-state index contributed by atoms with van der Waals surface area (Å²) in [5.74, 6) is 2.14. The summed E-state index contributed by atoms with van der Waals surface area (Å²) in [6.45, 7) is 0. The van der Waals surface area contributed by atoms with Gasteiger partial charge in [-0.05, 0) is 0 Å². The molecule has 0 aromatic rings. The molecule has 0 saturated heterocycles. The Hall–Kier alpha value is -1.06. The van der Waals surface area contributed by atoms with E-state index in [-0.39, 0.29) is 0 Å². The van der Waals surface area contributed by atoms with Crippen molar-refractivity contribution in [2.75, 3.05) is 42.3 Å². The molecule has 0 radical (unpaired) electrons. The summed E-state index contributed by atoms with van der Waals surface area (Å²) in [4.78, 5) is 4.07. The van der Waals surface area contributed by atoms with Gasteiger partial charge in [-0.3, -0.25) is 0 Å². The summed E-state index contributed by atoms with van der Waals surface area (Å²) in [5, 5.41) is 6.27. The van der Waals surface area contributed by atoms with Crippen LogP contribution < -0.4 is 10.6 Å². The minimum absolute atomic E-state index is 1.07. The second kappa shape index (κ2) is 4.74. The molecule has 0 unspecified atom stereocenters. The van der Waals surface area contributed by atoms with Gasteiger partial charge in [-0.25, -0.2) is 0 Å². The quantitative estimate of drug-likeness (QED) is 0.608. The van der Waals surface area contributed by atoms with Gasteiger partial charge in [0.2, 0.25) is 0 Å². The molecular formula is C8H20N4. The minimum Gasteiger partial charge on any atom is -0.372 e. The predicted molar refractivity (Wildman–Crippen MR) is 52.5 cm³/mol. The molecule has 2 N–H and O–H groups in total. The Labute approximate surface area is 75.2 Å². The zero-order valence-corrected chi connectivity index (χ0v) is 8.89. The zero-order chi connectivity index (χ0) is 9.72. The van der Waals surface area contributed by atoms with E-state index < -0.39 is 0 Å². The fourth-order valence-corrected chi connectivity index (χ4v) is 1.11. The molecule has 0 aliphatic rings. The van der Waals surface area contributed by atoms with Crippen LogP contribution in [-0.2, 0) is 0 Å². The number of nitrogens with zero attached hydrogens (tertiary/aromatic N) is 2. The first kappa shape index (κ1) is 10.9. The molecule has 0 heterocycles. The van der Waals surface area contributed by atoms with Gasteiger partial charge in [0.1, 0.15) is 11.6 Å². The van der Waals surface area contributed by atoms with Crippen LogP contribution in [0, 0.1) is 0 Å². The Morgan fingerprint density at radius 2 is 1.00 bits per heavy atom. The lowest BCUT2D eigenvalue weighted by Gasteiger charge is -2.25. The van der Waals surface area contributed by atoms with Gasteiger partial charge in [0.05, 0.1) is 0 Å². The van der Waals surface area contributed by atoms with Crippen LogP contribution >= 0.6 is 0 Å². The Morgan fingerprint density at radius 1 is 0.750 bits per heavy atom. The molecule has 0 amide bonds. The van der Waals surface area contributed by atoms with E-state index >= 15 is 0 Å². The monoisotopic (exact) mass is 172 g/mol. The maximum Gasteiger partial charge on any atom is 0.142 e. The second-order valence-corrected chi connectivity index (χ2v) is 2.99. The summed E-state index contributed by atoms with van der Waals surface area (Å²) in [6.07, 6.45) is 0. The second-order valence-electron chi connectivity index (χ2n) is 2.99. The van der Waals surface area contributed by atoms with E-state index in [1.165, 1.54) is 0 Å². The molecule has 0 aromatic heterocycles. The lowest BCUT2D eigenvalue weighted by atomic mass is 10.5. The van der Waals surface area contributed by atoms with Crippen molar-refractivity contribution in [3.05, 3.63) is 11.6 Å². The van der Waals surface area contributed by atoms with Crippen molar-refractivity contribution in [2.45, 2.75) is 0 Å². The third kappa shape index (κ3) is 2.53. The van der Waals surface area contributed by atoms with Gasteiger partial charge >= 0.3 is 0 Å². The van der Waals surface area contributed by atoms with Crippen molar-refractivity contribution in [2.24, 2.45) is 0 Å². The van der Waals surface area contributed by atoms with Crippen molar-refractivity contribution in [1.82, 2.24) is 20.4 Å². The third-order valence-corrected chi connectivity index (χ3v) is 1.59. The maximum atomic E-state index is 3.14. The van der Waals surface area contributed by atoms with Gasteiger partial charge in [-0.15, -0.1) is 0 Å². The molecule has 72 valence electrons. The van der Waals surface area contributed by atoms with Crippen molar-refractivity contribution in [3.63, 3.8) is 0 Å². The van der Waals surface area contributed by atoms with Crippen LogP contribution in [0.15, 0.2) is 11.6 Å². The summed E-state index contributed by atoms with van der Waals surface area (Å²) >= 11 is 0. The maximum absolute atomic E-state index is 3.14. The van der Waals surface area contributed by atoms with E-state index in [9.17, 15) is 0 Å². The smallest absolute Gasteiger partial charge is 0.142 e. The van der Waals surface area contributed by atoms with E-state index in [4.69, 9.17) is 0 Å². The van der Waals surface area contributed by atoms with Gasteiger partial charge in [0, 0.05) is 42.3 Å². The SMILES string of the molecule is CNC(=C(NC)N(C)C)N(C)C. The molecular weight excluding hydrogens is 152 g/mol. The highest BCUT2D eigenvalue weighted by Gasteiger charge is 2.06. The summed E-state index contributed by atoms with van der Waals surface area (Å²) in [6, 6.07) is 0. The van der Waals surface area contributed by atoms with Crippen molar-refractivity contribution in [1.29, 1.82) is 0 Å². The molecule has 0 bridgehead atoms. The molecule has 0 saturated carbocycles. The van der Waals surface area contributed by atoms with Crippen LogP contribution in [-0.4, -0.2) is 52.1 Å². The van der Waals surface area contributed by atoms with Gasteiger partial charge in [0.15, 0.2) is 0 Å². The molecule has 4 nitrogen and oxygen atoms in total. The van der Waals surface area contributed by atoms with Crippen LogP contribution in [0.2, 0.25) is 0 Å². The fourth-order valence-electron chi connectivity index (χ4n) is 1.11. The summed E-state index contributed by atoms with van der Waals surface area (Å²) < 4.78 is 0. The number of nitrogens with one attached hydrogen (secondary N) is 2. The average molecular weight is 172 g/mol. The van der Waals surface area contributed by atoms with Crippen LogP contribution in [0.25, 0.3) is 0 Å². The van der Waals surface area contributed by atoms with Crippen molar-refractivity contribution < 1.29 is 0 Å². The minimum atomic E-state index is 1.07. The highest BCUT2D eigenvalue weighted by atomic mass is 15.3. The topological polar surface area (TPSA) is 30.5 Å². The van der Waals surface area contributed by atoms with Gasteiger partial charge in [-0.2, -0.15) is 0 Å². The molecule has 0 aromatic carbocycles. The van der Waals surface area contributed by atoms with E-state index in [0.29, 0.717) is 0 Å². The Kier molecular flexibility index (Phi) is 4.33. The zero-order valence-electron chi connectivity index (χ0n) is 8.89. The highest BCUT2D eigenvalue weighted by molar-refractivity contribution is 5.06. The van der Waals surface area contributed by atoms with E-state index in [0.717, 1.165) is 11.6 Å². The normalized spacial score (nSPS) is 11.8. The lowest BCUT2D eigenvalue weighted by molar-refractivity contribution is 0.395. The Bertz CT molecular complexity index is 142. The molecule has 0 fully saturated rings. The Morgan fingerprint density at radius 3 is 1.08 bits per heavy atom. The standard InChI is InChI=1S/C8H20N4/c1-9-7(11(3)4)8(10-2)12(5)6/h9-10H,1-6H3. The molecule has 0 aliphatic heterocycles. The molecule has 0 aliphatic carbocycles. The third-order valence-electron chi connectivity index (χ3n) is 1.59. The molecule has 0 rings (SSSR count). The van der Waals surface area contributed by atoms with Crippen molar-refractivity contribution in [3.8, 4) is 0 Å². The largest absolute Gasteiger partial charge is 0.372 e. The predicted octanol–water partition coefficient (Wildman–Crippen LogP) is -0.325. The first-order valence-electron chi connectivity index (χ1n) is 3.99. The average Bonchev–Trinajstić information content (AvgIpc) is 1.98. The van der Waals surface area contributed by atoms with E-state index in [2.05, 4.69) is 10.6 Å². The number of hydrogen-bond acceptors (Lipinski definition) is 4. The summed E-state index contributed by atoms with van der Waals surface area (Å²) in [7, 11) is 11.9. The first-order valence-corrected chi connectivity index (χ1v) is 3.99. The van der Waals surface area contributed by atoms with Crippen molar-refractivity contribution >= 4 is 0 Å². The van der Waals surface area contributed by atoms with Crippen LogP contribution in [0.4, 0.5) is 0 Å². The Balaban J connectivity index is 4.74. The first-order chi connectivity index (χ1) is 5.54. The fraction of sp³-hybridized carbons (Fsp3) is 0.750. The van der Waals surface area contributed by atoms with E-state index in [1.54, 1.807) is 0 Å². The summed E-state index contributed by atoms with van der Waals surface area (Å²) in [5.41, 5.74) is 0. The molecule has 0 spiro atoms. The number of rotatable bonds is 4. The van der Waals surface area contributed by atoms with Gasteiger partial charge in [0.25, 0.3) is 0 Å². The number of hydrogen-bond donors (Lipinski definition) is 2. The molecule has 4 heteroatoms. The lowest BCUT2D eigenvalue weighted by Crippen LogP contribution is -2.34. The van der Waals surface area contributed by atoms with Crippen LogP contribution in [0.5, 0.6) is 0 Å². The van der Waals surface area contributed by atoms with Gasteiger partial charge in [-0.1, -0.05) is 0 Å². The van der Waals surface area contributed by atoms with E-state index in [1.807, 2.05) is 52.1 Å². The van der Waals surface area contributed by atoms with Crippen LogP contribution in [0.1, 0.15) is 0 Å².